The SMILES string of the molecule is CC(C)(C)NC(=O)[C@@H]1N(C(=O)[C@@H](O)[C@H](Cc2ccccc2)NC(=O)[C@H](CC(N)=O)NC(=O)COc2ccccc2-c2ccccc2)CSC1(C)C. The maximum atomic E-state index is 14.0. The fraction of sp³-hybridized carbons (Fsp3) is 0.395. The Morgan fingerprint density at radius 1 is 0.941 bits per heavy atom. The Hall–Kier alpha value is -4.88. The van der Waals surface area contributed by atoms with Crippen LogP contribution in [-0.2, 0) is 30.4 Å². The van der Waals surface area contributed by atoms with Gasteiger partial charge in [0.2, 0.25) is 17.7 Å². The first-order valence-electron chi connectivity index (χ1n) is 16.7. The van der Waals surface area contributed by atoms with Crippen LogP contribution in [0.4, 0.5) is 0 Å². The van der Waals surface area contributed by atoms with Crippen LogP contribution in [0.15, 0.2) is 84.9 Å². The van der Waals surface area contributed by atoms with Gasteiger partial charge in [0.05, 0.1) is 18.3 Å². The van der Waals surface area contributed by atoms with Crippen LogP contribution in [0.25, 0.3) is 11.1 Å². The number of carbonyl (C=O) groups is 5. The molecule has 51 heavy (non-hydrogen) atoms. The number of aliphatic hydroxyl groups excluding tert-OH is 1. The van der Waals surface area contributed by atoms with Crippen molar-refractivity contribution >= 4 is 41.3 Å². The second-order valence-corrected chi connectivity index (χ2v) is 15.6. The zero-order valence-electron chi connectivity index (χ0n) is 29.6. The highest BCUT2D eigenvalue weighted by molar-refractivity contribution is 8.00. The summed E-state index contributed by atoms with van der Waals surface area (Å²) in [5.74, 6) is -2.91. The summed E-state index contributed by atoms with van der Waals surface area (Å²) >= 11 is 1.40. The van der Waals surface area contributed by atoms with Gasteiger partial charge in [0.25, 0.3) is 11.8 Å². The topological polar surface area (TPSA) is 180 Å². The highest BCUT2D eigenvalue weighted by atomic mass is 32.2. The van der Waals surface area contributed by atoms with Crippen LogP contribution in [0, 0.1) is 0 Å². The highest BCUT2D eigenvalue weighted by Gasteiger charge is 2.50. The Morgan fingerprint density at radius 3 is 2.18 bits per heavy atom. The number of primary amides is 1. The third kappa shape index (κ3) is 10.8. The predicted molar refractivity (Wildman–Crippen MR) is 196 cm³/mol. The molecular weight excluding hydrogens is 671 g/mol. The first-order chi connectivity index (χ1) is 24.1. The van der Waals surface area contributed by atoms with Crippen molar-refractivity contribution in [1.82, 2.24) is 20.9 Å². The fourth-order valence-corrected chi connectivity index (χ4v) is 6.96. The number of thioether (sulfide) groups is 1. The Bertz CT molecular complexity index is 1700. The molecule has 272 valence electrons. The smallest absolute Gasteiger partial charge is 0.258 e. The Balaban J connectivity index is 1.52. The number of nitrogens with two attached hydrogens (primary N) is 1. The summed E-state index contributed by atoms with van der Waals surface area (Å²) in [4.78, 5) is 67.6. The minimum Gasteiger partial charge on any atom is -0.483 e. The van der Waals surface area contributed by atoms with E-state index in [0.29, 0.717) is 11.3 Å². The van der Waals surface area contributed by atoms with Gasteiger partial charge >= 0.3 is 0 Å². The third-order valence-electron chi connectivity index (χ3n) is 8.22. The van der Waals surface area contributed by atoms with Crippen LogP contribution < -0.4 is 26.4 Å². The van der Waals surface area contributed by atoms with Crippen molar-refractivity contribution in [1.29, 1.82) is 0 Å². The molecule has 0 unspecified atom stereocenters. The van der Waals surface area contributed by atoms with Crippen LogP contribution in [0.5, 0.6) is 5.75 Å². The lowest BCUT2D eigenvalue weighted by Gasteiger charge is -2.35. The summed E-state index contributed by atoms with van der Waals surface area (Å²) in [5, 5.41) is 19.7. The van der Waals surface area contributed by atoms with Gasteiger partial charge < -0.3 is 36.4 Å². The van der Waals surface area contributed by atoms with Gasteiger partial charge in [-0.25, -0.2) is 0 Å². The van der Waals surface area contributed by atoms with Gasteiger partial charge in [-0.3, -0.25) is 24.0 Å². The molecule has 0 radical (unpaired) electrons. The normalized spacial score (nSPS) is 17.1. The first-order valence-corrected chi connectivity index (χ1v) is 17.7. The van der Waals surface area contributed by atoms with Crippen molar-refractivity contribution in [2.45, 2.75) is 82.0 Å². The van der Waals surface area contributed by atoms with Crippen LogP contribution >= 0.6 is 11.8 Å². The lowest BCUT2D eigenvalue weighted by molar-refractivity contribution is -0.148. The molecule has 1 heterocycles. The van der Waals surface area contributed by atoms with Gasteiger partial charge in [0.15, 0.2) is 12.7 Å². The van der Waals surface area contributed by atoms with Crippen LogP contribution in [0.1, 0.15) is 46.6 Å². The van der Waals surface area contributed by atoms with Gasteiger partial charge in [-0.1, -0.05) is 78.9 Å². The number of amides is 5. The summed E-state index contributed by atoms with van der Waals surface area (Å²) in [6.07, 6.45) is -2.30. The van der Waals surface area contributed by atoms with E-state index in [1.165, 1.54) is 16.7 Å². The molecule has 0 saturated carbocycles. The molecule has 13 heteroatoms. The van der Waals surface area contributed by atoms with E-state index in [0.717, 1.165) is 11.1 Å². The Labute approximate surface area is 302 Å². The number of nitrogens with zero attached hydrogens (tertiary/aromatic N) is 1. The van der Waals surface area contributed by atoms with E-state index in [9.17, 15) is 29.1 Å². The zero-order valence-corrected chi connectivity index (χ0v) is 30.4. The zero-order chi connectivity index (χ0) is 37.3. The van der Waals surface area contributed by atoms with Crippen molar-refractivity contribution in [3.63, 3.8) is 0 Å². The molecule has 0 spiro atoms. The van der Waals surface area contributed by atoms with Crippen molar-refractivity contribution < 1.29 is 33.8 Å². The maximum Gasteiger partial charge on any atom is 0.258 e. The molecule has 0 aliphatic carbocycles. The number of ether oxygens (including phenoxy) is 1. The van der Waals surface area contributed by atoms with Crippen molar-refractivity contribution in [2.75, 3.05) is 12.5 Å². The molecule has 4 rings (SSSR count). The minimum absolute atomic E-state index is 0.0271. The van der Waals surface area contributed by atoms with E-state index in [4.69, 9.17) is 10.5 Å². The maximum absolute atomic E-state index is 14.0. The van der Waals surface area contributed by atoms with Crippen molar-refractivity contribution in [2.24, 2.45) is 5.73 Å². The number of nitrogens with one attached hydrogen (secondary N) is 3. The van der Waals surface area contributed by atoms with E-state index in [1.807, 2.05) is 77.1 Å². The molecule has 1 aliphatic rings. The molecule has 1 aliphatic heterocycles. The molecule has 1 fully saturated rings. The second-order valence-electron chi connectivity index (χ2n) is 14.0. The molecule has 3 aromatic carbocycles. The second kappa shape index (κ2) is 16.9. The summed E-state index contributed by atoms with van der Waals surface area (Å²) in [5.41, 5.74) is 7.25. The minimum atomic E-state index is -1.78. The molecule has 0 aromatic heterocycles. The number of hydrogen-bond acceptors (Lipinski definition) is 8. The van der Waals surface area contributed by atoms with E-state index in [1.54, 1.807) is 42.5 Å². The van der Waals surface area contributed by atoms with Crippen LogP contribution in [-0.4, -0.2) is 86.5 Å². The standard InChI is InChI=1S/C38H47N5O7S/c1-37(2,3)42-35(48)33-38(4,5)51-23-43(33)36(49)32(46)27(20-24-14-8-6-9-15-24)41-34(47)28(21-30(39)44)40-31(45)22-50-29-19-13-12-18-26(29)25-16-10-7-11-17-25/h6-19,27-28,32-33,46H,20-23H2,1-5H3,(H2,39,44)(H,40,45)(H,41,47)(H,42,48)/t27-,28-,32-,33-/m0/s1. The van der Waals surface area contributed by atoms with Gasteiger partial charge in [-0.2, -0.15) is 0 Å². The molecular formula is C38H47N5O7S. The molecule has 1 saturated heterocycles. The van der Waals surface area contributed by atoms with Gasteiger partial charge in [-0.05, 0) is 58.2 Å². The molecule has 5 amide bonds. The average molecular weight is 718 g/mol. The summed E-state index contributed by atoms with van der Waals surface area (Å²) in [6.45, 7) is 8.75. The molecule has 12 nitrogen and oxygen atoms in total. The fourth-order valence-electron chi connectivity index (χ4n) is 5.82. The predicted octanol–water partition coefficient (Wildman–Crippen LogP) is 2.78. The largest absolute Gasteiger partial charge is 0.483 e. The summed E-state index contributed by atoms with van der Waals surface area (Å²) in [6, 6.07) is 22.0. The monoisotopic (exact) mass is 717 g/mol. The number of carbonyl (C=O) groups excluding carboxylic acids is 5. The third-order valence-corrected chi connectivity index (χ3v) is 9.60. The van der Waals surface area contributed by atoms with Crippen LogP contribution in [0.2, 0.25) is 0 Å². The summed E-state index contributed by atoms with van der Waals surface area (Å²) < 4.78 is 5.15. The van der Waals surface area contributed by atoms with Crippen molar-refractivity contribution in [3.8, 4) is 16.9 Å². The quantitative estimate of drug-likeness (QED) is 0.169. The van der Waals surface area contributed by atoms with Gasteiger partial charge in [0, 0.05) is 15.8 Å². The Morgan fingerprint density at radius 2 is 1.55 bits per heavy atom. The molecule has 0 bridgehead atoms. The average Bonchev–Trinajstić information content (AvgIpc) is 3.40. The summed E-state index contributed by atoms with van der Waals surface area (Å²) in [7, 11) is 0. The van der Waals surface area contributed by atoms with Gasteiger partial charge in [0.1, 0.15) is 17.8 Å². The Kier molecular flexibility index (Phi) is 12.9. The lowest BCUT2D eigenvalue weighted by atomic mass is 9.96. The highest BCUT2D eigenvalue weighted by Crippen LogP contribution is 2.40. The number of hydrogen-bond donors (Lipinski definition) is 5. The van der Waals surface area contributed by atoms with E-state index >= 15 is 0 Å². The van der Waals surface area contributed by atoms with E-state index in [2.05, 4.69) is 16.0 Å². The molecule has 4 atom stereocenters. The first kappa shape index (κ1) is 38.9. The molecule has 6 N–H and O–H groups in total. The molecule has 3 aromatic rings. The van der Waals surface area contributed by atoms with E-state index < -0.39 is 71.2 Å². The number of para-hydroxylation sites is 1. The van der Waals surface area contributed by atoms with Crippen molar-refractivity contribution in [3.05, 3.63) is 90.5 Å². The number of rotatable bonds is 14. The number of aliphatic hydroxyl groups is 1. The van der Waals surface area contributed by atoms with Gasteiger partial charge in [-0.15, -0.1) is 11.8 Å². The number of benzene rings is 3. The van der Waals surface area contributed by atoms with E-state index in [-0.39, 0.29) is 18.2 Å². The lowest BCUT2D eigenvalue weighted by Crippen LogP contribution is -2.61. The van der Waals surface area contributed by atoms with Crippen LogP contribution in [0.3, 0.4) is 0 Å².